The van der Waals surface area contributed by atoms with Gasteiger partial charge in [-0.15, -0.1) is 0 Å². The van der Waals surface area contributed by atoms with Crippen molar-refractivity contribution in [3.05, 3.63) is 36.9 Å². The Morgan fingerprint density at radius 1 is 1.29 bits per heavy atom. The van der Waals surface area contributed by atoms with E-state index in [1.165, 1.54) is 31.2 Å². The quantitative estimate of drug-likeness (QED) is 0.722. The number of fused-ring (bicyclic) bond motifs is 1. The monoisotopic (exact) mass is 323 g/mol. The van der Waals surface area contributed by atoms with Crippen molar-refractivity contribution < 1.29 is 0 Å². The number of hydrogen-bond donors (Lipinski definition) is 2. The van der Waals surface area contributed by atoms with Crippen LogP contribution in [0.2, 0.25) is 0 Å². The molecular formula is C19H25N5. The largest absolute Gasteiger partial charge is 0.346 e. The van der Waals surface area contributed by atoms with E-state index >= 15 is 0 Å². The Bertz CT molecular complexity index is 797. The molecule has 1 aliphatic rings. The third kappa shape index (κ3) is 2.84. The topological polar surface area (TPSA) is 72.5 Å². The number of nitrogens with two attached hydrogens (primary N) is 1. The normalized spacial score (nSPS) is 16.9. The second-order valence-electron chi connectivity index (χ2n) is 6.85. The maximum absolute atomic E-state index is 5.76. The number of nitrogens with zero attached hydrogens (tertiary/aromatic N) is 3. The van der Waals surface area contributed by atoms with Crippen LogP contribution in [0.5, 0.6) is 0 Å². The van der Waals surface area contributed by atoms with Crippen molar-refractivity contribution in [3.8, 4) is 11.1 Å². The van der Waals surface area contributed by atoms with Crippen molar-refractivity contribution in [3.63, 3.8) is 0 Å². The van der Waals surface area contributed by atoms with E-state index in [0.717, 1.165) is 41.9 Å². The van der Waals surface area contributed by atoms with Gasteiger partial charge >= 0.3 is 0 Å². The molecule has 1 unspecified atom stereocenters. The zero-order valence-electron chi connectivity index (χ0n) is 14.0. The van der Waals surface area contributed by atoms with E-state index in [4.69, 9.17) is 10.8 Å². The van der Waals surface area contributed by atoms with Gasteiger partial charge in [-0.05, 0) is 55.8 Å². The highest BCUT2D eigenvalue weighted by molar-refractivity contribution is 5.92. The molecule has 1 fully saturated rings. The molecule has 5 heteroatoms. The van der Waals surface area contributed by atoms with Gasteiger partial charge in [-0.3, -0.25) is 4.68 Å². The number of pyridine rings is 1. The van der Waals surface area contributed by atoms with E-state index in [-0.39, 0.29) is 0 Å². The number of rotatable bonds is 6. The molecule has 126 valence electrons. The second kappa shape index (κ2) is 6.77. The molecule has 3 aromatic rings. The standard InChI is InChI=1S/C19H25N5/c20-9-3-6-18(14-4-1-2-5-14)24-13-15(12-23-24)16-7-10-21-19-17(16)8-11-22-19/h7-8,10-14,18H,1-6,9,20H2,(H,21,22). The fourth-order valence-electron chi connectivity index (χ4n) is 4.12. The molecule has 0 aromatic carbocycles. The summed E-state index contributed by atoms with van der Waals surface area (Å²) in [5.74, 6) is 0.744. The van der Waals surface area contributed by atoms with Gasteiger partial charge in [-0.2, -0.15) is 5.10 Å². The van der Waals surface area contributed by atoms with Crippen LogP contribution in [0.4, 0.5) is 0 Å². The third-order valence-corrected chi connectivity index (χ3v) is 5.36. The van der Waals surface area contributed by atoms with Gasteiger partial charge in [0.05, 0.1) is 12.2 Å². The molecule has 0 bridgehead atoms. The fraction of sp³-hybridized carbons (Fsp3) is 0.474. The molecular weight excluding hydrogens is 298 g/mol. The van der Waals surface area contributed by atoms with Crippen molar-refractivity contribution in [1.82, 2.24) is 19.7 Å². The van der Waals surface area contributed by atoms with Crippen molar-refractivity contribution in [2.24, 2.45) is 11.7 Å². The fourth-order valence-corrected chi connectivity index (χ4v) is 4.12. The molecule has 0 radical (unpaired) electrons. The van der Waals surface area contributed by atoms with Crippen LogP contribution in [0, 0.1) is 5.92 Å². The minimum Gasteiger partial charge on any atom is -0.346 e. The number of nitrogens with one attached hydrogen (secondary N) is 1. The molecule has 0 amide bonds. The van der Waals surface area contributed by atoms with Crippen LogP contribution in [-0.2, 0) is 0 Å². The first kappa shape index (κ1) is 15.4. The zero-order valence-corrected chi connectivity index (χ0v) is 14.0. The molecule has 3 N–H and O–H groups in total. The van der Waals surface area contributed by atoms with Crippen LogP contribution in [0.1, 0.15) is 44.6 Å². The lowest BCUT2D eigenvalue weighted by molar-refractivity contribution is 0.288. The summed E-state index contributed by atoms with van der Waals surface area (Å²) in [6.45, 7) is 0.756. The predicted molar refractivity (Wildman–Crippen MR) is 96.6 cm³/mol. The summed E-state index contributed by atoms with van der Waals surface area (Å²) >= 11 is 0. The molecule has 3 heterocycles. The lowest BCUT2D eigenvalue weighted by Gasteiger charge is -2.23. The van der Waals surface area contributed by atoms with E-state index in [9.17, 15) is 0 Å². The highest BCUT2D eigenvalue weighted by Gasteiger charge is 2.26. The average Bonchev–Trinajstić information content (AvgIpc) is 3.36. The van der Waals surface area contributed by atoms with Gasteiger partial charge in [0, 0.05) is 29.5 Å². The van der Waals surface area contributed by atoms with Gasteiger partial charge < -0.3 is 10.7 Å². The van der Waals surface area contributed by atoms with Crippen molar-refractivity contribution in [1.29, 1.82) is 0 Å². The van der Waals surface area contributed by atoms with Crippen molar-refractivity contribution >= 4 is 11.0 Å². The van der Waals surface area contributed by atoms with Gasteiger partial charge in [-0.25, -0.2) is 4.98 Å². The van der Waals surface area contributed by atoms with Gasteiger partial charge in [-0.1, -0.05) is 12.8 Å². The van der Waals surface area contributed by atoms with E-state index in [2.05, 4.69) is 33.0 Å². The molecule has 0 aliphatic heterocycles. The van der Waals surface area contributed by atoms with Crippen LogP contribution in [0.15, 0.2) is 36.9 Å². The molecule has 1 aliphatic carbocycles. The summed E-state index contributed by atoms with van der Waals surface area (Å²) in [5.41, 5.74) is 9.04. The van der Waals surface area contributed by atoms with Crippen molar-refractivity contribution in [2.75, 3.05) is 6.54 Å². The molecule has 0 saturated heterocycles. The summed E-state index contributed by atoms with van der Waals surface area (Å²) in [6, 6.07) is 4.63. The third-order valence-electron chi connectivity index (χ3n) is 5.36. The zero-order chi connectivity index (χ0) is 16.4. The summed E-state index contributed by atoms with van der Waals surface area (Å²) in [7, 11) is 0. The highest BCUT2D eigenvalue weighted by atomic mass is 15.3. The van der Waals surface area contributed by atoms with E-state index in [1.54, 1.807) is 0 Å². The van der Waals surface area contributed by atoms with Gasteiger partial charge in [0.2, 0.25) is 0 Å². The van der Waals surface area contributed by atoms with Crippen LogP contribution in [0.25, 0.3) is 22.2 Å². The Labute approximate surface area is 142 Å². The van der Waals surface area contributed by atoms with Crippen LogP contribution in [-0.4, -0.2) is 26.3 Å². The first-order valence-electron chi connectivity index (χ1n) is 9.03. The first-order chi connectivity index (χ1) is 11.9. The summed E-state index contributed by atoms with van der Waals surface area (Å²) in [6.07, 6.45) is 15.5. The Morgan fingerprint density at radius 2 is 2.17 bits per heavy atom. The van der Waals surface area contributed by atoms with Crippen LogP contribution < -0.4 is 5.73 Å². The van der Waals surface area contributed by atoms with Gasteiger partial charge in [0.1, 0.15) is 5.65 Å². The molecule has 0 spiro atoms. The Hall–Kier alpha value is -2.14. The molecule has 3 aromatic heterocycles. The minimum absolute atomic E-state index is 0.480. The Balaban J connectivity index is 1.66. The number of H-pyrrole nitrogens is 1. The number of aromatic nitrogens is 4. The minimum atomic E-state index is 0.480. The maximum Gasteiger partial charge on any atom is 0.137 e. The second-order valence-corrected chi connectivity index (χ2v) is 6.85. The van der Waals surface area contributed by atoms with Crippen LogP contribution in [0.3, 0.4) is 0 Å². The lowest BCUT2D eigenvalue weighted by Crippen LogP contribution is -2.19. The Morgan fingerprint density at radius 3 is 3.00 bits per heavy atom. The maximum atomic E-state index is 5.76. The molecule has 1 atom stereocenters. The van der Waals surface area contributed by atoms with E-state index in [0.29, 0.717) is 6.04 Å². The molecule has 24 heavy (non-hydrogen) atoms. The van der Waals surface area contributed by atoms with Crippen molar-refractivity contribution in [2.45, 2.75) is 44.6 Å². The number of aromatic amines is 1. The van der Waals surface area contributed by atoms with Gasteiger partial charge in [0.25, 0.3) is 0 Å². The SMILES string of the molecule is NCCCC(C1CCCC1)n1cc(-c2ccnc3[nH]ccc23)cn1. The molecule has 5 nitrogen and oxygen atoms in total. The Kier molecular flexibility index (Phi) is 4.34. The highest BCUT2D eigenvalue weighted by Crippen LogP contribution is 2.37. The molecule has 4 rings (SSSR count). The number of hydrogen-bond acceptors (Lipinski definition) is 3. The predicted octanol–water partition coefficient (Wildman–Crippen LogP) is 3.90. The van der Waals surface area contributed by atoms with Crippen LogP contribution >= 0.6 is 0 Å². The summed E-state index contributed by atoms with van der Waals surface area (Å²) in [5, 5.41) is 5.88. The summed E-state index contributed by atoms with van der Waals surface area (Å²) in [4.78, 5) is 7.56. The van der Waals surface area contributed by atoms with E-state index in [1.807, 2.05) is 18.6 Å². The smallest absolute Gasteiger partial charge is 0.137 e. The molecule has 1 saturated carbocycles. The van der Waals surface area contributed by atoms with E-state index < -0.39 is 0 Å². The average molecular weight is 323 g/mol. The lowest BCUT2D eigenvalue weighted by atomic mass is 9.94. The van der Waals surface area contributed by atoms with Gasteiger partial charge in [0.15, 0.2) is 0 Å². The summed E-state index contributed by atoms with van der Waals surface area (Å²) < 4.78 is 2.19. The first-order valence-corrected chi connectivity index (χ1v) is 9.03.